The van der Waals surface area contributed by atoms with Crippen molar-refractivity contribution in [1.29, 1.82) is 0 Å². The van der Waals surface area contributed by atoms with E-state index in [0.717, 1.165) is 16.7 Å². The van der Waals surface area contributed by atoms with Gasteiger partial charge in [-0.3, -0.25) is 9.59 Å². The molecule has 3 aromatic carbocycles. The molecule has 1 unspecified atom stereocenters. The van der Waals surface area contributed by atoms with E-state index in [-0.39, 0.29) is 5.91 Å². The molecular weight excluding hydrogens is 336 g/mol. The third-order valence-corrected chi connectivity index (χ3v) is 4.47. The Balaban J connectivity index is 1.76. The number of rotatable bonds is 7. The summed E-state index contributed by atoms with van der Waals surface area (Å²) in [5, 5.41) is 2.80. The normalized spacial score (nSPS) is 11.6. The summed E-state index contributed by atoms with van der Waals surface area (Å²) in [5.74, 6) is -0.831. The number of hydrogen-bond acceptors (Lipinski definition) is 2. The topological polar surface area (TPSA) is 72.2 Å². The minimum atomic E-state index is -0.721. The Labute approximate surface area is 159 Å². The maximum Gasteiger partial charge on any atom is 0.252 e. The largest absolute Gasteiger partial charge is 0.368 e. The first-order valence-corrected chi connectivity index (χ1v) is 8.93. The number of aryl methyl sites for hydroxylation is 1. The zero-order valence-electron chi connectivity index (χ0n) is 15.0. The molecule has 3 aromatic rings. The van der Waals surface area contributed by atoms with E-state index in [1.807, 2.05) is 78.9 Å². The molecule has 0 aliphatic heterocycles. The van der Waals surface area contributed by atoms with Crippen LogP contribution in [0.3, 0.4) is 0 Å². The number of carbonyl (C=O) groups excluding carboxylic acids is 2. The van der Waals surface area contributed by atoms with E-state index >= 15 is 0 Å². The quantitative estimate of drug-likeness (QED) is 0.678. The molecule has 0 spiro atoms. The van der Waals surface area contributed by atoms with E-state index in [2.05, 4.69) is 5.32 Å². The molecule has 0 fully saturated rings. The van der Waals surface area contributed by atoms with Crippen LogP contribution in [0.5, 0.6) is 0 Å². The fraction of sp³-hybridized carbons (Fsp3) is 0.130. The van der Waals surface area contributed by atoms with Crippen molar-refractivity contribution in [2.75, 3.05) is 0 Å². The van der Waals surface area contributed by atoms with Crippen molar-refractivity contribution in [2.24, 2.45) is 5.73 Å². The Morgan fingerprint density at radius 3 is 2.07 bits per heavy atom. The number of carbonyl (C=O) groups is 2. The number of hydrogen-bond donors (Lipinski definition) is 2. The molecule has 2 amide bonds. The zero-order valence-corrected chi connectivity index (χ0v) is 15.0. The molecule has 3 N–H and O–H groups in total. The van der Waals surface area contributed by atoms with Crippen LogP contribution in [0.25, 0.3) is 11.1 Å². The van der Waals surface area contributed by atoms with E-state index in [0.29, 0.717) is 18.4 Å². The fourth-order valence-corrected chi connectivity index (χ4v) is 3.03. The predicted octanol–water partition coefficient (Wildman–Crippen LogP) is 3.57. The summed E-state index contributed by atoms with van der Waals surface area (Å²) in [5.41, 5.74) is 8.91. The Morgan fingerprint density at radius 1 is 0.815 bits per heavy atom. The number of nitrogens with one attached hydrogen (secondary N) is 1. The second-order valence-electron chi connectivity index (χ2n) is 6.36. The summed E-state index contributed by atoms with van der Waals surface area (Å²) in [7, 11) is 0. The minimum Gasteiger partial charge on any atom is -0.368 e. The van der Waals surface area contributed by atoms with Gasteiger partial charge in [-0.2, -0.15) is 0 Å². The lowest BCUT2D eigenvalue weighted by molar-refractivity contribution is -0.120. The van der Waals surface area contributed by atoms with Crippen LogP contribution in [0.15, 0.2) is 84.9 Å². The van der Waals surface area contributed by atoms with E-state index in [1.165, 1.54) is 0 Å². The van der Waals surface area contributed by atoms with Crippen molar-refractivity contribution in [2.45, 2.75) is 18.9 Å². The van der Waals surface area contributed by atoms with Crippen molar-refractivity contribution in [3.63, 3.8) is 0 Å². The van der Waals surface area contributed by atoms with Crippen LogP contribution in [-0.2, 0) is 11.2 Å². The molecule has 4 heteroatoms. The van der Waals surface area contributed by atoms with Crippen LogP contribution in [0.2, 0.25) is 0 Å². The van der Waals surface area contributed by atoms with E-state index in [1.54, 1.807) is 6.07 Å². The molecular formula is C23H22N2O2. The molecule has 0 bridgehead atoms. The minimum absolute atomic E-state index is 0.300. The van der Waals surface area contributed by atoms with Crippen LogP contribution in [0, 0.1) is 0 Å². The molecule has 0 radical (unpaired) electrons. The number of primary amides is 1. The molecule has 0 heterocycles. The first-order chi connectivity index (χ1) is 13.1. The Bertz CT molecular complexity index is 908. The average molecular weight is 358 g/mol. The van der Waals surface area contributed by atoms with Gasteiger partial charge in [0.05, 0.1) is 0 Å². The number of nitrogens with two attached hydrogens (primary N) is 1. The molecule has 0 aromatic heterocycles. The summed E-state index contributed by atoms with van der Waals surface area (Å²) in [4.78, 5) is 24.7. The second kappa shape index (κ2) is 8.81. The lowest BCUT2D eigenvalue weighted by Gasteiger charge is -2.17. The monoisotopic (exact) mass is 358 g/mol. The summed E-state index contributed by atoms with van der Waals surface area (Å²) >= 11 is 0. The SMILES string of the molecule is NC(=O)C(CCc1ccccc1)NC(=O)c1ccccc1-c1ccccc1. The third-order valence-electron chi connectivity index (χ3n) is 4.47. The van der Waals surface area contributed by atoms with Gasteiger partial charge in [-0.1, -0.05) is 78.9 Å². The Kier molecular flexibility index (Phi) is 6.00. The van der Waals surface area contributed by atoms with Crippen LogP contribution in [-0.4, -0.2) is 17.9 Å². The number of benzene rings is 3. The molecule has 27 heavy (non-hydrogen) atoms. The highest BCUT2D eigenvalue weighted by atomic mass is 16.2. The predicted molar refractivity (Wildman–Crippen MR) is 107 cm³/mol. The van der Waals surface area contributed by atoms with E-state index in [9.17, 15) is 9.59 Å². The molecule has 0 saturated heterocycles. The smallest absolute Gasteiger partial charge is 0.252 e. The maximum atomic E-state index is 12.8. The van der Waals surface area contributed by atoms with Gasteiger partial charge in [0.25, 0.3) is 5.91 Å². The highest BCUT2D eigenvalue weighted by Gasteiger charge is 2.20. The zero-order chi connectivity index (χ0) is 19.1. The summed E-state index contributed by atoms with van der Waals surface area (Å²) < 4.78 is 0. The van der Waals surface area contributed by atoms with Crippen LogP contribution >= 0.6 is 0 Å². The van der Waals surface area contributed by atoms with Crippen molar-refractivity contribution in [1.82, 2.24) is 5.32 Å². The lowest BCUT2D eigenvalue weighted by atomic mass is 9.98. The van der Waals surface area contributed by atoms with Crippen molar-refractivity contribution < 1.29 is 9.59 Å². The molecule has 0 saturated carbocycles. The van der Waals surface area contributed by atoms with E-state index in [4.69, 9.17) is 5.73 Å². The number of amides is 2. The van der Waals surface area contributed by atoms with Gasteiger partial charge in [0.1, 0.15) is 6.04 Å². The van der Waals surface area contributed by atoms with Gasteiger partial charge in [0, 0.05) is 5.56 Å². The third kappa shape index (κ3) is 4.82. The standard InChI is InChI=1S/C23H22N2O2/c24-22(26)21(16-15-17-9-3-1-4-10-17)25-23(27)20-14-8-7-13-19(20)18-11-5-2-6-12-18/h1-14,21H,15-16H2,(H2,24,26)(H,25,27). The van der Waals surface area contributed by atoms with Crippen LogP contribution < -0.4 is 11.1 Å². The first-order valence-electron chi connectivity index (χ1n) is 8.93. The van der Waals surface area contributed by atoms with Crippen molar-refractivity contribution in [3.05, 3.63) is 96.1 Å². The lowest BCUT2D eigenvalue weighted by Crippen LogP contribution is -2.44. The van der Waals surface area contributed by atoms with Crippen molar-refractivity contribution in [3.8, 4) is 11.1 Å². The highest BCUT2D eigenvalue weighted by Crippen LogP contribution is 2.23. The van der Waals surface area contributed by atoms with Gasteiger partial charge < -0.3 is 11.1 Å². The highest BCUT2D eigenvalue weighted by molar-refractivity contribution is 6.02. The Morgan fingerprint density at radius 2 is 1.41 bits per heavy atom. The summed E-state index contributed by atoms with van der Waals surface area (Å²) in [6, 6.07) is 26.1. The molecule has 3 rings (SSSR count). The van der Waals surface area contributed by atoms with Gasteiger partial charge >= 0.3 is 0 Å². The first kappa shape index (κ1) is 18.4. The molecule has 0 aliphatic rings. The maximum absolute atomic E-state index is 12.8. The molecule has 1 atom stereocenters. The van der Waals surface area contributed by atoms with E-state index < -0.39 is 11.9 Å². The molecule has 136 valence electrons. The summed E-state index contributed by atoms with van der Waals surface area (Å²) in [6.45, 7) is 0. The second-order valence-corrected chi connectivity index (χ2v) is 6.36. The summed E-state index contributed by atoms with van der Waals surface area (Å²) in [6.07, 6.45) is 1.12. The van der Waals surface area contributed by atoms with Gasteiger partial charge in [-0.05, 0) is 35.6 Å². The van der Waals surface area contributed by atoms with Gasteiger partial charge in [-0.25, -0.2) is 0 Å². The fourth-order valence-electron chi connectivity index (χ4n) is 3.03. The van der Waals surface area contributed by atoms with Gasteiger partial charge in [0.15, 0.2) is 0 Å². The van der Waals surface area contributed by atoms with Gasteiger partial charge in [-0.15, -0.1) is 0 Å². The molecule has 0 aliphatic carbocycles. The van der Waals surface area contributed by atoms with Crippen LogP contribution in [0.4, 0.5) is 0 Å². The van der Waals surface area contributed by atoms with Crippen LogP contribution in [0.1, 0.15) is 22.3 Å². The average Bonchev–Trinajstić information content (AvgIpc) is 2.72. The van der Waals surface area contributed by atoms with Gasteiger partial charge in [0.2, 0.25) is 5.91 Å². The Hall–Kier alpha value is -3.40. The molecule has 4 nitrogen and oxygen atoms in total. The van der Waals surface area contributed by atoms with Crippen molar-refractivity contribution >= 4 is 11.8 Å².